The second kappa shape index (κ2) is 5.53. The van der Waals surface area contributed by atoms with Gasteiger partial charge in [-0.25, -0.2) is 0 Å². The predicted molar refractivity (Wildman–Crippen MR) is 52.0 cm³/mol. The average Bonchev–Trinajstić information content (AvgIpc) is 2.14. The molecule has 0 aromatic carbocycles. The first-order chi connectivity index (χ1) is 5.93. The molecular formula is C11H15N. The van der Waals surface area contributed by atoms with Crippen molar-refractivity contribution in [1.29, 1.82) is 0 Å². The van der Waals surface area contributed by atoms with E-state index in [-0.39, 0.29) is 0 Å². The van der Waals surface area contributed by atoms with Crippen LogP contribution in [-0.4, -0.2) is 4.98 Å². The summed E-state index contributed by atoms with van der Waals surface area (Å²) in [5, 5.41) is 0. The van der Waals surface area contributed by atoms with Crippen LogP contribution < -0.4 is 0 Å². The van der Waals surface area contributed by atoms with Crippen molar-refractivity contribution >= 4 is 0 Å². The van der Waals surface area contributed by atoms with Crippen LogP contribution in [0.2, 0.25) is 0 Å². The summed E-state index contributed by atoms with van der Waals surface area (Å²) in [6.45, 7) is 2.06. The molecule has 0 N–H and O–H groups in total. The third-order valence-corrected chi connectivity index (χ3v) is 1.77. The van der Waals surface area contributed by atoms with Crippen molar-refractivity contribution in [3.05, 3.63) is 42.2 Å². The molecule has 0 saturated heterocycles. The monoisotopic (exact) mass is 161 g/mol. The third kappa shape index (κ3) is 3.33. The zero-order valence-electron chi connectivity index (χ0n) is 7.53. The Balaban J connectivity index is 2.24. The van der Waals surface area contributed by atoms with E-state index in [0.29, 0.717) is 0 Å². The highest BCUT2D eigenvalue weighted by Crippen LogP contribution is 2.01. The molecule has 0 aliphatic rings. The van der Waals surface area contributed by atoms with Gasteiger partial charge in [-0.05, 0) is 38.3 Å². The molecule has 0 fully saturated rings. The minimum atomic E-state index is 1.09. The van der Waals surface area contributed by atoms with E-state index in [0.717, 1.165) is 12.8 Å². The normalized spacial score (nSPS) is 10.8. The molecule has 0 radical (unpaired) electrons. The van der Waals surface area contributed by atoms with Crippen molar-refractivity contribution in [1.82, 2.24) is 4.98 Å². The lowest BCUT2D eigenvalue weighted by Gasteiger charge is -1.96. The molecule has 0 spiro atoms. The summed E-state index contributed by atoms with van der Waals surface area (Å²) in [5.74, 6) is 0. The molecule has 1 nitrogen and oxygen atoms in total. The van der Waals surface area contributed by atoms with Crippen LogP contribution in [0.3, 0.4) is 0 Å². The maximum absolute atomic E-state index is 4.25. The van der Waals surface area contributed by atoms with E-state index in [1.54, 1.807) is 0 Å². The van der Waals surface area contributed by atoms with Gasteiger partial charge in [0.05, 0.1) is 0 Å². The van der Waals surface area contributed by atoms with Crippen molar-refractivity contribution in [3.8, 4) is 0 Å². The Morgan fingerprint density at radius 2 is 2.33 bits per heavy atom. The van der Waals surface area contributed by atoms with Gasteiger partial charge < -0.3 is 0 Å². The van der Waals surface area contributed by atoms with Crippen LogP contribution in [0, 0.1) is 0 Å². The lowest BCUT2D eigenvalue weighted by molar-refractivity contribution is 0.817. The first-order valence-electron chi connectivity index (χ1n) is 4.44. The van der Waals surface area contributed by atoms with Gasteiger partial charge in [-0.3, -0.25) is 4.98 Å². The molecule has 1 aromatic rings. The number of unbranched alkanes of at least 4 members (excludes halogenated alkanes) is 1. The van der Waals surface area contributed by atoms with E-state index in [2.05, 4.69) is 30.1 Å². The fraction of sp³-hybridized carbons (Fsp3) is 0.364. The summed E-state index contributed by atoms with van der Waals surface area (Å²) in [6, 6.07) is 6.07. The lowest BCUT2D eigenvalue weighted by atomic mass is 10.2. The summed E-state index contributed by atoms with van der Waals surface area (Å²) >= 11 is 0. The molecule has 0 bridgehead atoms. The maximum Gasteiger partial charge on any atom is 0.0403 e. The van der Waals surface area contributed by atoms with Gasteiger partial charge in [0, 0.05) is 11.9 Å². The van der Waals surface area contributed by atoms with E-state index >= 15 is 0 Å². The molecule has 1 heteroatoms. The Hall–Kier alpha value is -1.11. The number of aromatic nitrogens is 1. The van der Waals surface area contributed by atoms with Crippen molar-refractivity contribution in [2.75, 3.05) is 0 Å². The van der Waals surface area contributed by atoms with Crippen LogP contribution in [0.4, 0.5) is 0 Å². The Kier molecular flexibility index (Phi) is 4.14. The first kappa shape index (κ1) is 8.98. The van der Waals surface area contributed by atoms with Crippen LogP contribution >= 0.6 is 0 Å². The number of allylic oxidation sites excluding steroid dienone is 2. The number of nitrogens with zero attached hydrogens (tertiary/aromatic N) is 1. The molecule has 0 atom stereocenters. The van der Waals surface area contributed by atoms with Crippen LogP contribution in [0.15, 0.2) is 36.5 Å². The SMILES string of the molecule is CC=CCCCc1ccccn1. The van der Waals surface area contributed by atoms with Crippen LogP contribution in [-0.2, 0) is 6.42 Å². The van der Waals surface area contributed by atoms with E-state index in [4.69, 9.17) is 0 Å². The lowest BCUT2D eigenvalue weighted by Crippen LogP contribution is -1.87. The van der Waals surface area contributed by atoms with Gasteiger partial charge in [-0.2, -0.15) is 0 Å². The molecular weight excluding hydrogens is 146 g/mol. The highest BCUT2D eigenvalue weighted by atomic mass is 14.7. The van der Waals surface area contributed by atoms with Gasteiger partial charge in [0.25, 0.3) is 0 Å². The number of hydrogen-bond donors (Lipinski definition) is 0. The van der Waals surface area contributed by atoms with Crippen molar-refractivity contribution in [3.63, 3.8) is 0 Å². The first-order valence-corrected chi connectivity index (χ1v) is 4.44. The fourth-order valence-electron chi connectivity index (χ4n) is 1.11. The number of aryl methyl sites for hydroxylation is 1. The summed E-state index contributed by atoms with van der Waals surface area (Å²) in [6.07, 6.45) is 9.59. The van der Waals surface area contributed by atoms with E-state index < -0.39 is 0 Å². The van der Waals surface area contributed by atoms with Gasteiger partial charge in [0.15, 0.2) is 0 Å². The fourth-order valence-corrected chi connectivity index (χ4v) is 1.11. The smallest absolute Gasteiger partial charge is 0.0403 e. The average molecular weight is 161 g/mol. The Morgan fingerprint density at radius 3 is 3.00 bits per heavy atom. The summed E-state index contributed by atoms with van der Waals surface area (Å²) in [7, 11) is 0. The highest BCUT2D eigenvalue weighted by molar-refractivity contribution is 5.03. The molecule has 1 heterocycles. The van der Waals surface area contributed by atoms with Gasteiger partial charge in [-0.1, -0.05) is 18.2 Å². The molecule has 12 heavy (non-hydrogen) atoms. The number of pyridine rings is 1. The van der Waals surface area contributed by atoms with Gasteiger partial charge >= 0.3 is 0 Å². The van der Waals surface area contributed by atoms with Crippen LogP contribution in [0.5, 0.6) is 0 Å². The van der Waals surface area contributed by atoms with E-state index in [1.807, 2.05) is 18.3 Å². The minimum absolute atomic E-state index is 1.09. The van der Waals surface area contributed by atoms with Crippen molar-refractivity contribution < 1.29 is 0 Å². The highest BCUT2D eigenvalue weighted by Gasteiger charge is 1.90. The molecule has 64 valence electrons. The Morgan fingerprint density at radius 1 is 1.42 bits per heavy atom. The molecule has 0 amide bonds. The Bertz CT molecular complexity index is 226. The molecule has 0 saturated carbocycles. The minimum Gasteiger partial charge on any atom is -0.261 e. The quantitative estimate of drug-likeness (QED) is 0.488. The summed E-state index contributed by atoms with van der Waals surface area (Å²) < 4.78 is 0. The molecule has 0 unspecified atom stereocenters. The van der Waals surface area contributed by atoms with Crippen molar-refractivity contribution in [2.45, 2.75) is 26.2 Å². The third-order valence-electron chi connectivity index (χ3n) is 1.77. The van der Waals surface area contributed by atoms with E-state index in [9.17, 15) is 0 Å². The zero-order valence-corrected chi connectivity index (χ0v) is 7.53. The predicted octanol–water partition coefficient (Wildman–Crippen LogP) is 2.98. The second-order valence-corrected chi connectivity index (χ2v) is 2.78. The largest absolute Gasteiger partial charge is 0.261 e. The zero-order chi connectivity index (χ0) is 8.65. The van der Waals surface area contributed by atoms with Gasteiger partial charge in [-0.15, -0.1) is 0 Å². The summed E-state index contributed by atoms with van der Waals surface area (Å²) in [4.78, 5) is 4.25. The standard InChI is InChI=1S/C11H15N/c1-2-3-4-5-8-11-9-6-7-10-12-11/h2-3,6-7,9-10H,4-5,8H2,1H3. The topological polar surface area (TPSA) is 12.9 Å². The van der Waals surface area contributed by atoms with E-state index in [1.165, 1.54) is 12.1 Å². The molecule has 1 rings (SSSR count). The molecule has 1 aromatic heterocycles. The van der Waals surface area contributed by atoms with Gasteiger partial charge in [0.2, 0.25) is 0 Å². The molecule has 0 aliphatic heterocycles. The maximum atomic E-state index is 4.25. The van der Waals surface area contributed by atoms with Crippen LogP contribution in [0.25, 0.3) is 0 Å². The number of rotatable bonds is 4. The van der Waals surface area contributed by atoms with Crippen molar-refractivity contribution in [2.24, 2.45) is 0 Å². The Labute approximate surface area is 74.2 Å². The number of hydrogen-bond acceptors (Lipinski definition) is 1. The van der Waals surface area contributed by atoms with Crippen LogP contribution in [0.1, 0.15) is 25.5 Å². The molecule has 0 aliphatic carbocycles. The second-order valence-electron chi connectivity index (χ2n) is 2.78. The van der Waals surface area contributed by atoms with Gasteiger partial charge in [0.1, 0.15) is 0 Å². The summed E-state index contributed by atoms with van der Waals surface area (Å²) in [5.41, 5.74) is 1.20.